The van der Waals surface area contributed by atoms with E-state index in [1.807, 2.05) is 72.8 Å². The zero-order chi connectivity index (χ0) is 16.4. The number of phenolic OH excluding ortho intramolecular Hbond substituents is 1. The van der Waals surface area contributed by atoms with Crippen molar-refractivity contribution in [3.8, 4) is 28.5 Å². The Hall–Kier alpha value is -2.80. The molecule has 4 heteroatoms. The average Bonchev–Trinajstić information content (AvgIpc) is 2.64. The summed E-state index contributed by atoms with van der Waals surface area (Å²) < 4.78 is 5.94. The van der Waals surface area contributed by atoms with Crippen molar-refractivity contribution in [1.82, 2.24) is 4.98 Å². The fourth-order valence-electron chi connectivity index (χ4n) is 2.69. The Kier molecular flexibility index (Phi) is 5.04. The molecule has 0 aliphatic rings. The third-order valence-electron chi connectivity index (χ3n) is 3.86. The monoisotopic (exact) mass is 340 g/mol. The summed E-state index contributed by atoms with van der Waals surface area (Å²) >= 11 is 0. The van der Waals surface area contributed by atoms with E-state index in [0.717, 1.165) is 22.0 Å². The summed E-state index contributed by atoms with van der Waals surface area (Å²) in [6.45, 7) is 0. The van der Waals surface area contributed by atoms with E-state index < -0.39 is 0 Å². The molecule has 0 fully saturated rings. The quantitative estimate of drug-likeness (QED) is 0.533. The molecule has 119 valence electrons. The molecule has 1 N–H and O–H groups in total. The van der Waals surface area contributed by atoms with Crippen molar-refractivity contribution in [2.45, 2.75) is 0 Å². The number of ether oxygens (including phenoxy) is 1. The van der Waals surface area contributed by atoms with Gasteiger partial charge in [0.15, 0.2) is 11.5 Å². The van der Waals surface area contributed by atoms with E-state index in [4.69, 9.17) is 4.74 Å². The normalized spacial score (nSPS) is 10.2. The van der Waals surface area contributed by atoms with Gasteiger partial charge in [0.2, 0.25) is 5.88 Å². The van der Waals surface area contributed by atoms with Crippen LogP contribution in [0.25, 0.3) is 22.0 Å². The molecule has 0 bridgehead atoms. The molecule has 0 amide bonds. The Bertz CT molecular complexity index is 1000. The number of nitrogens with zero attached hydrogens (tertiary/aromatic N) is 1. The Morgan fingerprint density at radius 3 is 2.32 bits per heavy atom. The Labute approximate surface area is 156 Å². The maximum atomic E-state index is 10.3. The van der Waals surface area contributed by atoms with Gasteiger partial charge in [0.05, 0.1) is 5.52 Å². The van der Waals surface area contributed by atoms with Gasteiger partial charge in [0.25, 0.3) is 0 Å². The number of aromatic nitrogens is 1. The van der Waals surface area contributed by atoms with E-state index in [1.54, 1.807) is 12.1 Å². The van der Waals surface area contributed by atoms with E-state index in [1.165, 1.54) is 0 Å². The van der Waals surface area contributed by atoms with Crippen LogP contribution in [0.2, 0.25) is 0 Å². The van der Waals surface area contributed by atoms with Crippen LogP contribution in [0.3, 0.4) is 0 Å². The van der Waals surface area contributed by atoms with Crippen LogP contribution < -0.4 is 4.74 Å². The second-order valence-electron chi connectivity index (χ2n) is 5.46. The molecule has 4 aromatic rings. The van der Waals surface area contributed by atoms with Crippen molar-refractivity contribution in [1.29, 1.82) is 0 Å². The molecule has 0 aliphatic heterocycles. The summed E-state index contributed by atoms with van der Waals surface area (Å²) in [6, 6.07) is 26.8. The lowest BCUT2D eigenvalue weighted by atomic mass is 10.0. The van der Waals surface area contributed by atoms with Gasteiger partial charge >= 0.3 is 0 Å². The van der Waals surface area contributed by atoms with Crippen LogP contribution in [0, 0.1) is 0 Å². The number of pyridine rings is 1. The molecule has 0 atom stereocenters. The Balaban J connectivity index is 0.00000182. The Morgan fingerprint density at radius 1 is 0.720 bits per heavy atom. The molecule has 1 heterocycles. The first-order valence-corrected chi connectivity index (χ1v) is 7.72. The molecule has 0 saturated heterocycles. The molecular weight excluding hydrogens is 325 g/mol. The third kappa shape index (κ3) is 3.51. The molecule has 0 aliphatic carbocycles. The van der Waals surface area contributed by atoms with Crippen molar-refractivity contribution in [2.75, 3.05) is 0 Å². The summed E-state index contributed by atoms with van der Waals surface area (Å²) in [7, 11) is 0. The zero-order valence-corrected chi connectivity index (χ0v) is 14.6. The second kappa shape index (κ2) is 7.40. The molecule has 0 unspecified atom stereocenters. The number of hydrogen-bond acceptors (Lipinski definition) is 3. The van der Waals surface area contributed by atoms with Crippen LogP contribution in [0.5, 0.6) is 17.4 Å². The first-order chi connectivity index (χ1) is 11.8. The molecule has 0 saturated carbocycles. The van der Waals surface area contributed by atoms with E-state index in [0.29, 0.717) is 11.6 Å². The average molecular weight is 340 g/mol. The predicted octanol–water partition coefficient (Wildman–Crippen LogP) is 5.02. The van der Waals surface area contributed by atoms with E-state index in [-0.39, 0.29) is 23.1 Å². The number of para-hydroxylation sites is 2. The van der Waals surface area contributed by atoms with Crippen molar-refractivity contribution in [3.05, 3.63) is 84.9 Å². The molecule has 4 rings (SSSR count). The third-order valence-corrected chi connectivity index (χ3v) is 3.86. The molecule has 3 nitrogen and oxygen atoms in total. The van der Waals surface area contributed by atoms with Crippen LogP contribution in [0.4, 0.5) is 0 Å². The van der Waals surface area contributed by atoms with Crippen molar-refractivity contribution in [2.24, 2.45) is 0 Å². The maximum absolute atomic E-state index is 10.3. The summed E-state index contributed by atoms with van der Waals surface area (Å²) in [5.41, 5.74) is 2.65. The Morgan fingerprint density at radius 2 is 1.48 bits per heavy atom. The second-order valence-corrected chi connectivity index (χ2v) is 5.46. The number of benzene rings is 3. The lowest BCUT2D eigenvalue weighted by molar-refractivity contribution is 0.405. The molecule has 3 aromatic carbocycles. The lowest BCUT2D eigenvalue weighted by Crippen LogP contribution is -1.92. The first-order valence-electron chi connectivity index (χ1n) is 7.72. The number of hydrogen-bond donors (Lipinski definition) is 1. The first kappa shape index (κ1) is 17.0. The number of aromatic hydroxyl groups is 1. The summed E-state index contributed by atoms with van der Waals surface area (Å²) in [5.74, 6) is 0.949. The number of rotatable bonds is 3. The fourth-order valence-corrected chi connectivity index (χ4v) is 2.69. The van der Waals surface area contributed by atoms with Gasteiger partial charge in [0.1, 0.15) is 0 Å². The van der Waals surface area contributed by atoms with Crippen molar-refractivity contribution < 1.29 is 9.84 Å². The molecule has 0 spiro atoms. The van der Waals surface area contributed by atoms with Gasteiger partial charge in [-0.1, -0.05) is 60.7 Å². The summed E-state index contributed by atoms with van der Waals surface area (Å²) in [6.07, 6.45) is 0. The zero-order valence-electron chi connectivity index (χ0n) is 13.5. The van der Waals surface area contributed by atoms with Gasteiger partial charge in [-0.05, 0) is 23.8 Å². The highest BCUT2D eigenvalue weighted by molar-refractivity contribution is 5.79. The highest BCUT2D eigenvalue weighted by Crippen LogP contribution is 2.39. The highest BCUT2D eigenvalue weighted by atomic mass is 27.0. The molecule has 1 aromatic heterocycles. The van der Waals surface area contributed by atoms with Crippen LogP contribution in [-0.2, 0) is 0 Å². The molecule has 3 radical (unpaired) electrons. The largest absolute Gasteiger partial charge is 0.504 e. The number of fused-ring (bicyclic) bond motifs is 1. The van der Waals surface area contributed by atoms with Crippen LogP contribution in [0.15, 0.2) is 84.9 Å². The van der Waals surface area contributed by atoms with Gasteiger partial charge < -0.3 is 9.84 Å². The predicted molar refractivity (Wildman–Crippen MR) is 101 cm³/mol. The maximum Gasteiger partial charge on any atom is 0.220 e. The van der Waals surface area contributed by atoms with Crippen LogP contribution in [-0.4, -0.2) is 27.5 Å². The topological polar surface area (TPSA) is 42.4 Å². The van der Waals surface area contributed by atoms with Gasteiger partial charge in [0, 0.05) is 34.4 Å². The highest BCUT2D eigenvalue weighted by Gasteiger charge is 2.13. The van der Waals surface area contributed by atoms with E-state index in [2.05, 4.69) is 4.98 Å². The number of phenols is 1. The van der Waals surface area contributed by atoms with E-state index in [9.17, 15) is 5.11 Å². The standard InChI is InChI=1S/C21H15NO2.Al/c23-19-12-6-10-17(15-7-2-1-3-8-15)21(19)24-20-14-13-16-9-4-5-11-18(16)22-20;/h1-14,23H;. The van der Waals surface area contributed by atoms with Gasteiger partial charge in [-0.2, -0.15) is 0 Å². The molecular formula is C21H15AlNO2. The minimum atomic E-state index is 0. The van der Waals surface area contributed by atoms with Crippen LogP contribution >= 0.6 is 0 Å². The van der Waals surface area contributed by atoms with Crippen molar-refractivity contribution >= 4 is 28.3 Å². The SMILES string of the molecule is Oc1cccc(-c2ccccc2)c1Oc1ccc2ccccc2n1.[Al]. The molecule has 25 heavy (non-hydrogen) atoms. The lowest BCUT2D eigenvalue weighted by Gasteiger charge is -2.12. The minimum absolute atomic E-state index is 0. The minimum Gasteiger partial charge on any atom is -0.504 e. The summed E-state index contributed by atoms with van der Waals surface area (Å²) in [4.78, 5) is 4.51. The summed E-state index contributed by atoms with van der Waals surface area (Å²) in [5, 5.41) is 11.3. The van der Waals surface area contributed by atoms with Gasteiger partial charge in [-0.25, -0.2) is 4.98 Å². The smallest absolute Gasteiger partial charge is 0.220 e. The van der Waals surface area contributed by atoms with Crippen molar-refractivity contribution in [3.63, 3.8) is 0 Å². The van der Waals surface area contributed by atoms with Gasteiger partial charge in [-0.3, -0.25) is 0 Å². The van der Waals surface area contributed by atoms with Gasteiger partial charge in [-0.15, -0.1) is 0 Å². The van der Waals surface area contributed by atoms with Crippen LogP contribution in [0.1, 0.15) is 0 Å². The van der Waals surface area contributed by atoms with E-state index >= 15 is 0 Å². The fraction of sp³-hybridized carbons (Fsp3) is 0.